The first-order chi connectivity index (χ1) is 15.0. The van der Waals surface area contributed by atoms with E-state index >= 15 is 0 Å². The molecule has 0 fully saturated rings. The van der Waals surface area contributed by atoms with Crippen LogP contribution >= 0.6 is 0 Å². The van der Waals surface area contributed by atoms with Crippen LogP contribution in [-0.4, -0.2) is 22.1 Å². The fourth-order valence-electron chi connectivity index (χ4n) is 3.61. The third kappa shape index (κ3) is 4.56. The van der Waals surface area contributed by atoms with Gasteiger partial charge in [0.25, 0.3) is 5.91 Å². The highest BCUT2D eigenvalue weighted by molar-refractivity contribution is 6.01. The van der Waals surface area contributed by atoms with Gasteiger partial charge in [0.2, 0.25) is 0 Å². The first kappa shape index (κ1) is 20.2. The Bertz CT molecular complexity index is 1230. The maximum absolute atomic E-state index is 12.9. The molecule has 5 nitrogen and oxygen atoms in total. The molecule has 0 saturated heterocycles. The zero-order chi connectivity index (χ0) is 21.8. The fraction of sp³-hybridized carbons (Fsp3) is 0.0769. The molecule has 0 heterocycles. The Labute approximate surface area is 179 Å². The molecule has 5 heteroatoms. The van der Waals surface area contributed by atoms with Crippen molar-refractivity contribution in [1.82, 2.24) is 5.32 Å². The van der Waals surface area contributed by atoms with Crippen LogP contribution in [0.5, 0.6) is 5.75 Å². The molecule has 1 atom stereocenters. The highest BCUT2D eigenvalue weighted by atomic mass is 16.4. The van der Waals surface area contributed by atoms with Crippen LogP contribution in [0.15, 0.2) is 91.0 Å². The average molecular weight is 411 g/mol. The number of rotatable bonds is 6. The molecule has 0 radical (unpaired) electrons. The van der Waals surface area contributed by atoms with E-state index < -0.39 is 17.9 Å². The molecule has 4 aromatic carbocycles. The summed E-state index contributed by atoms with van der Waals surface area (Å²) in [5, 5.41) is 24.1. The number of hydrogen-bond donors (Lipinski definition) is 3. The monoisotopic (exact) mass is 411 g/mol. The number of phenols is 1. The molecule has 0 saturated carbocycles. The number of nitrogens with one attached hydrogen (secondary N) is 1. The molecule has 4 aromatic rings. The lowest BCUT2D eigenvalue weighted by molar-refractivity contribution is -0.137. The summed E-state index contributed by atoms with van der Waals surface area (Å²) in [7, 11) is 0. The lowest BCUT2D eigenvalue weighted by Crippen LogP contribution is -2.30. The van der Waals surface area contributed by atoms with E-state index in [-0.39, 0.29) is 17.7 Å². The molecular formula is C26H21NO4. The minimum atomic E-state index is -1.03. The number of carboxylic acid groups (broad SMARTS) is 1. The van der Waals surface area contributed by atoms with Crippen LogP contribution in [0.1, 0.15) is 28.4 Å². The van der Waals surface area contributed by atoms with Gasteiger partial charge in [0.15, 0.2) is 0 Å². The Morgan fingerprint density at radius 3 is 2.00 bits per heavy atom. The normalized spacial score (nSPS) is 11.7. The van der Waals surface area contributed by atoms with Crippen LogP contribution in [0.2, 0.25) is 0 Å². The number of aromatic hydroxyl groups is 1. The van der Waals surface area contributed by atoms with Gasteiger partial charge in [0, 0.05) is 0 Å². The predicted octanol–water partition coefficient (Wildman–Crippen LogP) is 5.16. The first-order valence-electron chi connectivity index (χ1n) is 9.91. The molecule has 31 heavy (non-hydrogen) atoms. The second-order valence-electron chi connectivity index (χ2n) is 7.33. The first-order valence-corrected chi connectivity index (χ1v) is 9.91. The van der Waals surface area contributed by atoms with Crippen molar-refractivity contribution in [2.45, 2.75) is 12.5 Å². The molecule has 0 spiro atoms. The Morgan fingerprint density at radius 2 is 1.35 bits per heavy atom. The van der Waals surface area contributed by atoms with Gasteiger partial charge in [-0.3, -0.25) is 9.59 Å². The number of carboxylic acids is 1. The summed E-state index contributed by atoms with van der Waals surface area (Å²) in [4.78, 5) is 24.3. The predicted molar refractivity (Wildman–Crippen MR) is 120 cm³/mol. The minimum Gasteiger partial charge on any atom is -0.507 e. The van der Waals surface area contributed by atoms with Gasteiger partial charge in [-0.25, -0.2) is 0 Å². The zero-order valence-corrected chi connectivity index (χ0v) is 16.7. The number of hydrogen-bond acceptors (Lipinski definition) is 3. The van der Waals surface area contributed by atoms with E-state index in [0.717, 1.165) is 21.9 Å². The van der Waals surface area contributed by atoms with E-state index in [9.17, 15) is 19.8 Å². The summed E-state index contributed by atoms with van der Waals surface area (Å²) in [6.07, 6.45) is -0.273. The number of phenolic OH excluding ortho intramolecular Hbond substituents is 1. The number of carbonyl (C=O) groups is 2. The number of carbonyl (C=O) groups excluding carboxylic acids is 1. The molecule has 3 N–H and O–H groups in total. The van der Waals surface area contributed by atoms with Crippen LogP contribution < -0.4 is 5.32 Å². The van der Waals surface area contributed by atoms with Gasteiger partial charge in [0.1, 0.15) is 5.75 Å². The summed E-state index contributed by atoms with van der Waals surface area (Å²) in [5.74, 6) is -1.70. The van der Waals surface area contributed by atoms with Crippen LogP contribution in [0, 0.1) is 0 Å². The largest absolute Gasteiger partial charge is 0.507 e. The Morgan fingerprint density at radius 1 is 0.774 bits per heavy atom. The molecule has 0 aliphatic carbocycles. The standard InChI is InChI=1S/C26H21NO4/c28-24-15-21-9-5-4-8-20(21)14-22(24)26(31)27-23(16-25(29)30)19-12-10-18(11-13-19)17-6-2-1-3-7-17/h1-15,23,28H,16H2,(H,27,31)(H,29,30). The van der Waals surface area contributed by atoms with Crippen molar-refractivity contribution in [1.29, 1.82) is 0 Å². The van der Waals surface area contributed by atoms with Crippen molar-refractivity contribution in [3.8, 4) is 16.9 Å². The lowest BCUT2D eigenvalue weighted by atomic mass is 9.98. The van der Waals surface area contributed by atoms with Crippen LogP contribution in [0.25, 0.3) is 21.9 Å². The van der Waals surface area contributed by atoms with E-state index in [0.29, 0.717) is 5.56 Å². The topological polar surface area (TPSA) is 86.6 Å². The quantitative estimate of drug-likeness (QED) is 0.409. The van der Waals surface area contributed by atoms with Crippen LogP contribution in [0.3, 0.4) is 0 Å². The lowest BCUT2D eigenvalue weighted by Gasteiger charge is -2.19. The Hall–Kier alpha value is -4.12. The summed E-state index contributed by atoms with van der Waals surface area (Å²) >= 11 is 0. The molecule has 1 amide bonds. The molecule has 0 aliphatic heterocycles. The summed E-state index contributed by atoms with van der Waals surface area (Å²) in [5.41, 5.74) is 2.83. The van der Waals surface area contributed by atoms with Crippen LogP contribution in [0.4, 0.5) is 0 Å². The highest BCUT2D eigenvalue weighted by Crippen LogP contribution is 2.27. The Kier molecular flexibility index (Phi) is 5.67. The van der Waals surface area contributed by atoms with Crippen molar-refractivity contribution < 1.29 is 19.8 Å². The summed E-state index contributed by atoms with van der Waals surface area (Å²) in [6.45, 7) is 0. The van der Waals surface area contributed by atoms with Crippen LogP contribution in [-0.2, 0) is 4.79 Å². The smallest absolute Gasteiger partial charge is 0.305 e. The molecule has 0 bridgehead atoms. The maximum atomic E-state index is 12.9. The van der Waals surface area contributed by atoms with Gasteiger partial charge in [-0.05, 0) is 39.6 Å². The summed E-state index contributed by atoms with van der Waals surface area (Å²) < 4.78 is 0. The minimum absolute atomic E-state index is 0.106. The molecule has 4 rings (SSSR count). The van der Waals surface area contributed by atoms with Crippen molar-refractivity contribution in [3.63, 3.8) is 0 Å². The van der Waals surface area contributed by atoms with E-state index in [1.807, 2.05) is 78.9 Å². The summed E-state index contributed by atoms with van der Waals surface area (Å²) in [6, 6.07) is 27.1. The molecule has 0 aliphatic rings. The van der Waals surface area contributed by atoms with E-state index in [1.165, 1.54) is 6.07 Å². The van der Waals surface area contributed by atoms with Gasteiger partial charge in [-0.15, -0.1) is 0 Å². The highest BCUT2D eigenvalue weighted by Gasteiger charge is 2.21. The van der Waals surface area contributed by atoms with Gasteiger partial charge >= 0.3 is 5.97 Å². The second kappa shape index (κ2) is 8.71. The fourth-order valence-corrected chi connectivity index (χ4v) is 3.61. The van der Waals surface area contributed by atoms with E-state index in [4.69, 9.17) is 0 Å². The SMILES string of the molecule is O=C(O)CC(NC(=O)c1cc2ccccc2cc1O)c1ccc(-c2ccccc2)cc1. The van der Waals surface area contributed by atoms with Crippen molar-refractivity contribution >= 4 is 22.6 Å². The zero-order valence-electron chi connectivity index (χ0n) is 16.7. The van der Waals surface area contributed by atoms with Crippen molar-refractivity contribution in [3.05, 3.63) is 102 Å². The van der Waals surface area contributed by atoms with E-state index in [1.54, 1.807) is 6.07 Å². The maximum Gasteiger partial charge on any atom is 0.305 e. The molecular weight excluding hydrogens is 390 g/mol. The van der Waals surface area contributed by atoms with E-state index in [2.05, 4.69) is 5.32 Å². The van der Waals surface area contributed by atoms with Crippen molar-refractivity contribution in [2.24, 2.45) is 0 Å². The average Bonchev–Trinajstić information content (AvgIpc) is 2.78. The molecule has 1 unspecified atom stereocenters. The van der Waals surface area contributed by atoms with Gasteiger partial charge in [-0.2, -0.15) is 0 Å². The number of amides is 1. The van der Waals surface area contributed by atoms with Gasteiger partial charge in [-0.1, -0.05) is 78.9 Å². The van der Waals surface area contributed by atoms with Gasteiger partial charge in [0.05, 0.1) is 18.0 Å². The third-order valence-corrected chi connectivity index (χ3v) is 5.21. The molecule has 0 aromatic heterocycles. The number of aliphatic carboxylic acids is 1. The van der Waals surface area contributed by atoms with Crippen molar-refractivity contribution in [2.75, 3.05) is 0 Å². The number of benzene rings is 4. The molecule has 154 valence electrons. The van der Waals surface area contributed by atoms with Gasteiger partial charge < -0.3 is 15.5 Å². The third-order valence-electron chi connectivity index (χ3n) is 5.21. The number of fused-ring (bicyclic) bond motifs is 1. The second-order valence-corrected chi connectivity index (χ2v) is 7.33. The Balaban J connectivity index is 1.60.